The summed E-state index contributed by atoms with van der Waals surface area (Å²) in [6, 6.07) is 8.40. The first-order valence-electron chi connectivity index (χ1n) is 5.85. The van der Waals surface area contributed by atoms with E-state index in [0.29, 0.717) is 5.92 Å². The molecule has 0 saturated carbocycles. The molecule has 90 valence electrons. The van der Waals surface area contributed by atoms with Crippen molar-refractivity contribution in [3.8, 4) is 0 Å². The molecular formula is C14H16ClNS. The summed E-state index contributed by atoms with van der Waals surface area (Å²) in [6.07, 6.45) is 4.72. The number of aromatic nitrogens is 1. The molecule has 0 radical (unpaired) electrons. The number of alkyl halides is 1. The third-order valence-electron chi connectivity index (χ3n) is 2.97. The molecule has 0 aliphatic carbocycles. The lowest BCUT2D eigenvalue weighted by atomic mass is 9.98. The highest BCUT2D eigenvalue weighted by molar-refractivity contribution is 7.12. The second-order valence-corrected chi connectivity index (χ2v) is 5.80. The van der Waals surface area contributed by atoms with Crippen molar-refractivity contribution in [3.05, 3.63) is 52.0 Å². The van der Waals surface area contributed by atoms with E-state index in [1.807, 2.05) is 35.9 Å². The minimum atomic E-state index is 0.0442. The molecule has 0 aromatic carbocycles. The average Bonchev–Trinajstić information content (AvgIpc) is 2.87. The molecule has 0 saturated heterocycles. The minimum Gasteiger partial charge on any atom is -0.265 e. The van der Waals surface area contributed by atoms with Crippen molar-refractivity contribution >= 4 is 22.9 Å². The summed E-state index contributed by atoms with van der Waals surface area (Å²) in [5.41, 5.74) is 1.24. The average molecular weight is 266 g/mol. The van der Waals surface area contributed by atoms with Crippen molar-refractivity contribution < 1.29 is 0 Å². The third-order valence-corrected chi connectivity index (χ3v) is 5.03. The fourth-order valence-electron chi connectivity index (χ4n) is 1.82. The zero-order valence-corrected chi connectivity index (χ0v) is 11.6. The Balaban J connectivity index is 2.17. The number of aryl methyl sites for hydroxylation is 1. The van der Waals surface area contributed by atoms with Crippen LogP contribution in [0.4, 0.5) is 0 Å². The van der Waals surface area contributed by atoms with Crippen LogP contribution < -0.4 is 0 Å². The Morgan fingerprint density at radius 3 is 2.53 bits per heavy atom. The molecule has 0 aliphatic heterocycles. The maximum absolute atomic E-state index is 6.55. The molecule has 2 heterocycles. The number of pyridine rings is 1. The largest absolute Gasteiger partial charge is 0.265 e. The monoisotopic (exact) mass is 265 g/mol. The van der Waals surface area contributed by atoms with Crippen LogP contribution >= 0.6 is 22.9 Å². The summed E-state index contributed by atoms with van der Waals surface area (Å²) in [4.78, 5) is 6.69. The van der Waals surface area contributed by atoms with Gasteiger partial charge >= 0.3 is 0 Å². The first kappa shape index (κ1) is 12.6. The topological polar surface area (TPSA) is 12.9 Å². The lowest BCUT2D eigenvalue weighted by molar-refractivity contribution is 0.740. The molecule has 0 aliphatic rings. The Hall–Kier alpha value is -0.860. The van der Waals surface area contributed by atoms with Gasteiger partial charge in [-0.05, 0) is 36.2 Å². The van der Waals surface area contributed by atoms with Crippen molar-refractivity contribution in [2.45, 2.75) is 31.6 Å². The maximum Gasteiger partial charge on any atom is 0.0744 e. The van der Waals surface area contributed by atoms with Gasteiger partial charge in [-0.15, -0.1) is 22.9 Å². The summed E-state index contributed by atoms with van der Waals surface area (Å²) in [5, 5.41) is 0.0442. The summed E-state index contributed by atoms with van der Waals surface area (Å²) >= 11 is 8.37. The molecule has 2 unspecified atom stereocenters. The molecule has 0 N–H and O–H groups in total. The van der Waals surface area contributed by atoms with Crippen LogP contribution in [0.1, 0.15) is 40.5 Å². The van der Waals surface area contributed by atoms with Crippen LogP contribution in [0, 0.1) is 0 Å². The SMILES string of the molecule is CCc1ccc(C(Cl)C(C)c2ccncc2)s1. The van der Waals surface area contributed by atoms with E-state index in [-0.39, 0.29) is 5.38 Å². The van der Waals surface area contributed by atoms with Crippen molar-refractivity contribution in [1.29, 1.82) is 0 Å². The van der Waals surface area contributed by atoms with Crippen molar-refractivity contribution in [2.75, 3.05) is 0 Å². The Kier molecular flexibility index (Phi) is 4.19. The molecule has 1 nitrogen and oxygen atoms in total. The van der Waals surface area contributed by atoms with E-state index in [1.165, 1.54) is 15.3 Å². The fourth-order valence-corrected chi connectivity index (χ4v) is 3.20. The number of thiophene rings is 1. The van der Waals surface area contributed by atoms with E-state index in [0.717, 1.165) is 6.42 Å². The molecule has 0 fully saturated rings. The zero-order valence-electron chi connectivity index (χ0n) is 10.1. The van der Waals surface area contributed by atoms with Crippen LogP contribution in [0.2, 0.25) is 0 Å². The lowest BCUT2D eigenvalue weighted by Gasteiger charge is -2.16. The van der Waals surface area contributed by atoms with Gasteiger partial charge in [-0.25, -0.2) is 0 Å². The van der Waals surface area contributed by atoms with Crippen LogP contribution in [0.5, 0.6) is 0 Å². The van der Waals surface area contributed by atoms with Crippen molar-refractivity contribution in [1.82, 2.24) is 4.98 Å². The summed E-state index contributed by atoms with van der Waals surface area (Å²) in [6.45, 7) is 4.34. The molecule has 0 spiro atoms. The van der Waals surface area contributed by atoms with Gasteiger partial charge in [0.1, 0.15) is 0 Å². The third kappa shape index (κ3) is 2.88. The van der Waals surface area contributed by atoms with Gasteiger partial charge in [-0.2, -0.15) is 0 Å². The number of nitrogens with zero attached hydrogens (tertiary/aromatic N) is 1. The molecule has 3 heteroatoms. The van der Waals surface area contributed by atoms with Gasteiger partial charge in [0.25, 0.3) is 0 Å². The van der Waals surface area contributed by atoms with Gasteiger partial charge in [0.05, 0.1) is 5.38 Å². The second kappa shape index (κ2) is 5.65. The first-order chi connectivity index (χ1) is 8.22. The number of halogens is 1. The Labute approximate surface area is 111 Å². The Bertz CT molecular complexity index is 466. The highest BCUT2D eigenvalue weighted by Crippen LogP contribution is 2.39. The van der Waals surface area contributed by atoms with E-state index in [4.69, 9.17) is 11.6 Å². The predicted molar refractivity (Wildman–Crippen MR) is 74.9 cm³/mol. The Morgan fingerprint density at radius 2 is 1.94 bits per heavy atom. The standard InChI is InChI=1S/C14H16ClNS/c1-3-12-4-5-13(17-12)14(15)10(2)11-6-8-16-9-7-11/h4-10,14H,3H2,1-2H3. The second-order valence-electron chi connectivity index (χ2n) is 4.13. The highest BCUT2D eigenvalue weighted by Gasteiger charge is 2.19. The quantitative estimate of drug-likeness (QED) is 0.725. The molecule has 2 aromatic heterocycles. The smallest absolute Gasteiger partial charge is 0.0744 e. The van der Waals surface area contributed by atoms with E-state index in [9.17, 15) is 0 Å². The molecule has 0 bridgehead atoms. The van der Waals surface area contributed by atoms with Crippen LogP contribution in [0.15, 0.2) is 36.7 Å². The van der Waals surface area contributed by atoms with Crippen LogP contribution in [0.3, 0.4) is 0 Å². The number of hydrogen-bond donors (Lipinski definition) is 0. The minimum absolute atomic E-state index is 0.0442. The van der Waals surface area contributed by atoms with Gasteiger partial charge in [-0.1, -0.05) is 13.8 Å². The zero-order chi connectivity index (χ0) is 12.3. The number of rotatable bonds is 4. The summed E-state index contributed by atoms with van der Waals surface area (Å²) < 4.78 is 0. The van der Waals surface area contributed by atoms with Gasteiger partial charge in [0.2, 0.25) is 0 Å². The van der Waals surface area contributed by atoms with Crippen LogP contribution in [-0.2, 0) is 6.42 Å². The van der Waals surface area contributed by atoms with E-state index < -0.39 is 0 Å². The molecule has 0 amide bonds. The number of hydrogen-bond acceptors (Lipinski definition) is 2. The van der Waals surface area contributed by atoms with Crippen LogP contribution in [0.25, 0.3) is 0 Å². The predicted octanol–water partition coefficient (Wildman–Crippen LogP) is 4.79. The van der Waals surface area contributed by atoms with Gasteiger partial charge in [0, 0.05) is 28.1 Å². The van der Waals surface area contributed by atoms with Gasteiger partial charge < -0.3 is 0 Å². The molecule has 2 aromatic rings. The summed E-state index contributed by atoms with van der Waals surface area (Å²) in [7, 11) is 0. The summed E-state index contributed by atoms with van der Waals surface area (Å²) in [5.74, 6) is 0.308. The normalized spacial score (nSPS) is 14.5. The first-order valence-corrected chi connectivity index (χ1v) is 7.10. The Morgan fingerprint density at radius 1 is 1.24 bits per heavy atom. The van der Waals surface area contributed by atoms with Crippen LogP contribution in [-0.4, -0.2) is 4.98 Å². The highest BCUT2D eigenvalue weighted by atomic mass is 35.5. The fraction of sp³-hybridized carbons (Fsp3) is 0.357. The van der Waals surface area contributed by atoms with E-state index in [2.05, 4.69) is 31.0 Å². The van der Waals surface area contributed by atoms with Crippen molar-refractivity contribution in [2.24, 2.45) is 0 Å². The molecular weight excluding hydrogens is 250 g/mol. The maximum atomic E-state index is 6.55. The molecule has 2 rings (SSSR count). The van der Waals surface area contributed by atoms with Crippen molar-refractivity contribution in [3.63, 3.8) is 0 Å². The van der Waals surface area contributed by atoms with E-state index in [1.54, 1.807) is 0 Å². The molecule has 2 atom stereocenters. The van der Waals surface area contributed by atoms with Gasteiger partial charge in [-0.3, -0.25) is 4.98 Å². The lowest BCUT2D eigenvalue weighted by Crippen LogP contribution is -2.00. The molecule has 17 heavy (non-hydrogen) atoms. The van der Waals surface area contributed by atoms with Gasteiger partial charge in [0.15, 0.2) is 0 Å². The van der Waals surface area contributed by atoms with E-state index >= 15 is 0 Å².